The van der Waals surface area contributed by atoms with Gasteiger partial charge in [0, 0.05) is 11.1 Å². The summed E-state index contributed by atoms with van der Waals surface area (Å²) in [5.74, 6) is 0.602. The van der Waals surface area contributed by atoms with Crippen LogP contribution in [0.3, 0.4) is 0 Å². The van der Waals surface area contributed by atoms with Gasteiger partial charge in [-0.3, -0.25) is 0 Å². The van der Waals surface area contributed by atoms with Gasteiger partial charge in [-0.15, -0.1) is 0 Å². The Bertz CT molecular complexity index is 752. The van der Waals surface area contributed by atoms with E-state index < -0.39 is 0 Å². The van der Waals surface area contributed by atoms with E-state index in [1.807, 2.05) is 19.1 Å². The molecule has 0 aliphatic carbocycles. The van der Waals surface area contributed by atoms with Gasteiger partial charge in [0.05, 0.1) is 0 Å². The predicted molar refractivity (Wildman–Crippen MR) is 102 cm³/mol. The highest BCUT2D eigenvalue weighted by Gasteiger charge is 2.31. The number of rotatable bonds is 1. The molecule has 0 radical (unpaired) electrons. The quantitative estimate of drug-likeness (QED) is 0.677. The lowest BCUT2D eigenvalue weighted by atomic mass is 9.74. The molecule has 0 bridgehead atoms. The molecule has 130 valence electrons. The molecular formula is C22H30O2. The van der Waals surface area contributed by atoms with E-state index in [4.69, 9.17) is 0 Å². The van der Waals surface area contributed by atoms with Gasteiger partial charge in [-0.25, -0.2) is 0 Å². The van der Waals surface area contributed by atoms with Crippen molar-refractivity contribution in [1.82, 2.24) is 0 Å². The van der Waals surface area contributed by atoms with E-state index in [2.05, 4.69) is 54.5 Å². The minimum absolute atomic E-state index is 0.152. The van der Waals surface area contributed by atoms with Crippen molar-refractivity contribution in [2.45, 2.75) is 66.2 Å². The standard InChI is InChI=1S/C22H30O2/c1-13-10-9-11-16(23)17(13)18-14(2)12-15(21(3,4)5)20(24)19(18)22(6,7)8/h9-12,23-24H,1-8H3. The molecule has 0 saturated heterocycles. The summed E-state index contributed by atoms with van der Waals surface area (Å²) < 4.78 is 0. The molecule has 2 N–H and O–H groups in total. The lowest BCUT2D eigenvalue weighted by Gasteiger charge is -2.31. The van der Waals surface area contributed by atoms with Crippen molar-refractivity contribution in [2.75, 3.05) is 0 Å². The van der Waals surface area contributed by atoms with Gasteiger partial charge in [-0.1, -0.05) is 59.7 Å². The van der Waals surface area contributed by atoms with Crippen molar-refractivity contribution in [3.8, 4) is 22.6 Å². The molecule has 0 fully saturated rings. The second kappa shape index (κ2) is 5.84. The molecule has 0 aliphatic rings. The zero-order valence-corrected chi connectivity index (χ0v) is 16.2. The average molecular weight is 326 g/mol. The summed E-state index contributed by atoms with van der Waals surface area (Å²) in [6.07, 6.45) is 0. The number of phenols is 2. The molecular weight excluding hydrogens is 296 g/mol. The Labute approximate surface area is 146 Å². The number of benzene rings is 2. The fraction of sp³-hybridized carbons (Fsp3) is 0.455. The van der Waals surface area contributed by atoms with Crippen LogP contribution in [0.25, 0.3) is 11.1 Å². The molecule has 2 rings (SSSR count). The highest BCUT2D eigenvalue weighted by molar-refractivity contribution is 5.82. The third kappa shape index (κ3) is 3.15. The van der Waals surface area contributed by atoms with E-state index in [0.717, 1.165) is 33.4 Å². The number of phenolic OH excluding ortho intramolecular Hbond substituents is 2. The molecule has 2 aromatic rings. The molecule has 0 saturated carbocycles. The Balaban J connectivity index is 3.00. The molecule has 0 heterocycles. The summed E-state index contributed by atoms with van der Waals surface area (Å²) in [7, 11) is 0. The number of aryl methyl sites for hydroxylation is 2. The monoisotopic (exact) mass is 326 g/mol. The van der Waals surface area contributed by atoms with Crippen LogP contribution in [-0.4, -0.2) is 10.2 Å². The van der Waals surface area contributed by atoms with Gasteiger partial charge in [0.25, 0.3) is 0 Å². The third-order valence-electron chi connectivity index (χ3n) is 4.56. The van der Waals surface area contributed by atoms with Crippen LogP contribution in [0.5, 0.6) is 11.5 Å². The fourth-order valence-electron chi connectivity index (χ4n) is 3.41. The molecule has 0 atom stereocenters. The van der Waals surface area contributed by atoms with Crippen molar-refractivity contribution < 1.29 is 10.2 Å². The van der Waals surface area contributed by atoms with Crippen LogP contribution in [0.1, 0.15) is 63.8 Å². The van der Waals surface area contributed by atoms with Crippen LogP contribution in [-0.2, 0) is 10.8 Å². The fourth-order valence-corrected chi connectivity index (χ4v) is 3.41. The van der Waals surface area contributed by atoms with E-state index in [1.54, 1.807) is 6.07 Å². The average Bonchev–Trinajstić information content (AvgIpc) is 2.39. The normalized spacial score (nSPS) is 12.5. The molecule has 0 spiro atoms. The number of hydrogen-bond donors (Lipinski definition) is 2. The molecule has 0 aliphatic heterocycles. The zero-order valence-electron chi connectivity index (χ0n) is 16.2. The van der Waals surface area contributed by atoms with Crippen LogP contribution in [0.15, 0.2) is 24.3 Å². The first-order valence-corrected chi connectivity index (χ1v) is 8.52. The van der Waals surface area contributed by atoms with Crippen molar-refractivity contribution in [3.05, 3.63) is 46.5 Å². The molecule has 2 aromatic carbocycles. The molecule has 0 amide bonds. The van der Waals surface area contributed by atoms with Crippen molar-refractivity contribution in [3.63, 3.8) is 0 Å². The Hall–Kier alpha value is -1.96. The second-order valence-corrected chi connectivity index (χ2v) is 8.81. The first-order valence-electron chi connectivity index (χ1n) is 8.52. The Kier molecular flexibility index (Phi) is 4.47. The van der Waals surface area contributed by atoms with Gasteiger partial charge < -0.3 is 10.2 Å². The van der Waals surface area contributed by atoms with Gasteiger partial charge in [0.1, 0.15) is 11.5 Å². The Morgan fingerprint density at radius 1 is 0.750 bits per heavy atom. The van der Waals surface area contributed by atoms with Gasteiger partial charge >= 0.3 is 0 Å². The summed E-state index contributed by atoms with van der Waals surface area (Å²) in [6, 6.07) is 7.62. The van der Waals surface area contributed by atoms with Gasteiger partial charge in [-0.2, -0.15) is 0 Å². The summed E-state index contributed by atoms with van der Waals surface area (Å²) in [6.45, 7) is 16.7. The van der Waals surface area contributed by atoms with Crippen LogP contribution in [0, 0.1) is 13.8 Å². The van der Waals surface area contributed by atoms with Gasteiger partial charge in [0.2, 0.25) is 0 Å². The maximum Gasteiger partial charge on any atom is 0.123 e. The largest absolute Gasteiger partial charge is 0.507 e. The first kappa shape index (κ1) is 18.4. The van der Waals surface area contributed by atoms with E-state index in [-0.39, 0.29) is 16.6 Å². The van der Waals surface area contributed by atoms with Crippen LogP contribution in [0.4, 0.5) is 0 Å². The summed E-state index contributed by atoms with van der Waals surface area (Å²) in [5, 5.41) is 21.6. The molecule has 24 heavy (non-hydrogen) atoms. The highest BCUT2D eigenvalue weighted by atomic mass is 16.3. The van der Waals surface area contributed by atoms with Crippen LogP contribution < -0.4 is 0 Å². The van der Waals surface area contributed by atoms with Gasteiger partial charge in [0.15, 0.2) is 0 Å². The molecule has 2 heteroatoms. The van der Waals surface area contributed by atoms with E-state index >= 15 is 0 Å². The van der Waals surface area contributed by atoms with Crippen molar-refractivity contribution in [2.24, 2.45) is 0 Å². The summed E-state index contributed by atoms with van der Waals surface area (Å²) in [5.41, 5.74) is 5.29. The molecule has 0 aromatic heterocycles. The third-order valence-corrected chi connectivity index (χ3v) is 4.56. The van der Waals surface area contributed by atoms with Crippen molar-refractivity contribution >= 4 is 0 Å². The molecule has 0 unspecified atom stereocenters. The topological polar surface area (TPSA) is 40.5 Å². The summed E-state index contributed by atoms with van der Waals surface area (Å²) in [4.78, 5) is 0. The van der Waals surface area contributed by atoms with E-state index in [9.17, 15) is 10.2 Å². The van der Waals surface area contributed by atoms with Crippen molar-refractivity contribution in [1.29, 1.82) is 0 Å². The van der Waals surface area contributed by atoms with Crippen LogP contribution >= 0.6 is 0 Å². The SMILES string of the molecule is Cc1cccc(O)c1-c1c(C)cc(C(C)(C)C)c(O)c1C(C)(C)C. The predicted octanol–water partition coefficient (Wildman–Crippen LogP) is 5.98. The first-order chi connectivity index (χ1) is 10.9. The summed E-state index contributed by atoms with van der Waals surface area (Å²) >= 11 is 0. The smallest absolute Gasteiger partial charge is 0.123 e. The Morgan fingerprint density at radius 3 is 1.79 bits per heavy atom. The highest BCUT2D eigenvalue weighted by Crippen LogP contribution is 2.48. The minimum Gasteiger partial charge on any atom is -0.507 e. The number of aromatic hydroxyl groups is 2. The van der Waals surface area contributed by atoms with E-state index in [0.29, 0.717) is 5.75 Å². The Morgan fingerprint density at radius 2 is 1.33 bits per heavy atom. The van der Waals surface area contributed by atoms with E-state index in [1.165, 1.54) is 0 Å². The lowest BCUT2D eigenvalue weighted by molar-refractivity contribution is 0.423. The van der Waals surface area contributed by atoms with Crippen LogP contribution in [0.2, 0.25) is 0 Å². The maximum atomic E-state index is 11.1. The lowest BCUT2D eigenvalue weighted by Crippen LogP contribution is -2.19. The van der Waals surface area contributed by atoms with Gasteiger partial charge in [-0.05, 0) is 53.0 Å². The minimum atomic E-state index is -0.250. The zero-order chi connectivity index (χ0) is 18.4. The number of hydrogen-bond acceptors (Lipinski definition) is 2. The molecule has 2 nitrogen and oxygen atoms in total. The second-order valence-electron chi connectivity index (χ2n) is 8.81. The maximum absolute atomic E-state index is 11.1.